The Morgan fingerprint density at radius 1 is 1.65 bits per heavy atom. The van der Waals surface area contributed by atoms with Gasteiger partial charge in [0, 0.05) is 12.8 Å². The monoisotopic (exact) mass is 234 g/mol. The van der Waals surface area contributed by atoms with Crippen molar-refractivity contribution in [1.82, 2.24) is 0 Å². The SMILES string of the molecule is COCC(Nc1cc(C#N)ccc1C)C(=O)O. The Hall–Kier alpha value is -2.06. The summed E-state index contributed by atoms with van der Waals surface area (Å²) in [6, 6.07) is 6.27. The van der Waals surface area contributed by atoms with Crippen LogP contribution in [-0.4, -0.2) is 30.8 Å². The van der Waals surface area contributed by atoms with E-state index in [4.69, 9.17) is 15.1 Å². The summed E-state index contributed by atoms with van der Waals surface area (Å²) in [6.45, 7) is 1.90. The molecule has 1 unspecified atom stereocenters. The maximum Gasteiger partial charge on any atom is 0.328 e. The minimum absolute atomic E-state index is 0.0611. The second kappa shape index (κ2) is 5.87. The molecule has 90 valence electrons. The fourth-order valence-corrected chi connectivity index (χ4v) is 1.38. The molecule has 2 N–H and O–H groups in total. The van der Waals surface area contributed by atoms with Crippen molar-refractivity contribution in [3.8, 4) is 6.07 Å². The highest BCUT2D eigenvalue weighted by Crippen LogP contribution is 2.17. The van der Waals surface area contributed by atoms with Crippen LogP contribution in [-0.2, 0) is 9.53 Å². The normalized spacial score (nSPS) is 11.6. The van der Waals surface area contributed by atoms with Gasteiger partial charge in [0.2, 0.25) is 0 Å². The maximum absolute atomic E-state index is 11.0. The lowest BCUT2D eigenvalue weighted by molar-refractivity contribution is -0.139. The smallest absolute Gasteiger partial charge is 0.328 e. The number of aryl methyl sites for hydroxylation is 1. The van der Waals surface area contributed by atoms with Crippen LogP contribution in [0.3, 0.4) is 0 Å². The Kier molecular flexibility index (Phi) is 4.49. The molecular formula is C12H14N2O3. The standard InChI is InChI=1S/C12H14N2O3/c1-8-3-4-9(6-13)5-10(8)14-11(7-17-2)12(15)16/h3-5,11,14H,7H2,1-2H3,(H,15,16). The van der Waals surface area contributed by atoms with Crippen molar-refractivity contribution >= 4 is 11.7 Å². The van der Waals surface area contributed by atoms with Gasteiger partial charge in [-0.3, -0.25) is 0 Å². The highest BCUT2D eigenvalue weighted by Gasteiger charge is 2.17. The van der Waals surface area contributed by atoms with E-state index < -0.39 is 12.0 Å². The van der Waals surface area contributed by atoms with Crippen LogP contribution in [0.25, 0.3) is 0 Å². The minimum atomic E-state index is -0.992. The fraction of sp³-hybridized carbons (Fsp3) is 0.333. The largest absolute Gasteiger partial charge is 0.480 e. The zero-order valence-corrected chi connectivity index (χ0v) is 9.73. The molecule has 0 fully saturated rings. The van der Waals surface area contributed by atoms with E-state index in [2.05, 4.69) is 5.32 Å². The molecule has 0 aliphatic carbocycles. The van der Waals surface area contributed by atoms with Crippen LogP contribution in [0.5, 0.6) is 0 Å². The number of aliphatic carboxylic acids is 1. The number of benzene rings is 1. The molecule has 0 aromatic heterocycles. The van der Waals surface area contributed by atoms with Crippen molar-refractivity contribution in [2.45, 2.75) is 13.0 Å². The number of hydrogen-bond acceptors (Lipinski definition) is 4. The molecule has 0 bridgehead atoms. The molecule has 0 aliphatic rings. The Bertz CT molecular complexity index is 452. The number of methoxy groups -OCH3 is 1. The lowest BCUT2D eigenvalue weighted by Gasteiger charge is -2.16. The quantitative estimate of drug-likeness (QED) is 0.804. The molecule has 0 saturated heterocycles. The Labute approximate surface area is 99.6 Å². The van der Waals surface area contributed by atoms with Gasteiger partial charge < -0.3 is 15.2 Å². The van der Waals surface area contributed by atoms with Crippen LogP contribution in [0, 0.1) is 18.3 Å². The Morgan fingerprint density at radius 3 is 2.88 bits per heavy atom. The van der Waals surface area contributed by atoms with Crippen molar-refractivity contribution < 1.29 is 14.6 Å². The number of carboxylic acids is 1. The van der Waals surface area contributed by atoms with E-state index in [1.165, 1.54) is 7.11 Å². The number of rotatable bonds is 5. The summed E-state index contributed by atoms with van der Waals surface area (Å²) in [6.07, 6.45) is 0. The van der Waals surface area contributed by atoms with Gasteiger partial charge in [-0.05, 0) is 24.6 Å². The van der Waals surface area contributed by atoms with Gasteiger partial charge in [0.05, 0.1) is 18.2 Å². The van der Waals surface area contributed by atoms with E-state index in [0.29, 0.717) is 11.3 Å². The minimum Gasteiger partial charge on any atom is -0.480 e. The van der Waals surface area contributed by atoms with Gasteiger partial charge in [-0.1, -0.05) is 6.07 Å². The van der Waals surface area contributed by atoms with E-state index in [-0.39, 0.29) is 6.61 Å². The first kappa shape index (κ1) is 13.0. The van der Waals surface area contributed by atoms with Gasteiger partial charge in [-0.15, -0.1) is 0 Å². The number of nitrogens with zero attached hydrogens (tertiary/aromatic N) is 1. The van der Waals surface area contributed by atoms with Gasteiger partial charge in [0.1, 0.15) is 6.04 Å². The van der Waals surface area contributed by atoms with Gasteiger partial charge in [0.15, 0.2) is 0 Å². The molecule has 0 spiro atoms. The van der Waals surface area contributed by atoms with Gasteiger partial charge in [-0.2, -0.15) is 5.26 Å². The first-order valence-electron chi connectivity index (χ1n) is 5.07. The average molecular weight is 234 g/mol. The molecule has 0 heterocycles. The number of nitrogens with one attached hydrogen (secondary N) is 1. The third kappa shape index (κ3) is 3.47. The molecule has 0 aliphatic heterocycles. The summed E-state index contributed by atoms with van der Waals surface area (Å²) in [7, 11) is 1.44. The molecule has 1 aromatic rings. The van der Waals surface area contributed by atoms with Crippen LogP contribution < -0.4 is 5.32 Å². The first-order valence-corrected chi connectivity index (χ1v) is 5.07. The Morgan fingerprint density at radius 2 is 2.35 bits per heavy atom. The van der Waals surface area contributed by atoms with Crippen LogP contribution in [0.2, 0.25) is 0 Å². The molecule has 1 aromatic carbocycles. The van der Waals surface area contributed by atoms with E-state index in [9.17, 15) is 4.79 Å². The second-order valence-corrected chi connectivity index (χ2v) is 3.63. The average Bonchev–Trinajstić information content (AvgIpc) is 2.31. The summed E-state index contributed by atoms with van der Waals surface area (Å²) in [5, 5.41) is 20.6. The molecule has 1 rings (SSSR count). The molecule has 0 saturated carbocycles. The van der Waals surface area contributed by atoms with Gasteiger partial charge in [-0.25, -0.2) is 4.79 Å². The van der Waals surface area contributed by atoms with Crippen LogP contribution in [0.4, 0.5) is 5.69 Å². The van der Waals surface area contributed by atoms with E-state index in [1.807, 2.05) is 13.0 Å². The van der Waals surface area contributed by atoms with Crippen molar-refractivity contribution in [1.29, 1.82) is 5.26 Å². The maximum atomic E-state index is 11.0. The summed E-state index contributed by atoms with van der Waals surface area (Å²) in [5.74, 6) is -0.992. The number of anilines is 1. The van der Waals surface area contributed by atoms with Crippen LogP contribution >= 0.6 is 0 Å². The van der Waals surface area contributed by atoms with Crippen molar-refractivity contribution in [3.05, 3.63) is 29.3 Å². The predicted octanol–water partition coefficient (Wildman–Crippen LogP) is 1.38. The molecular weight excluding hydrogens is 220 g/mol. The zero-order valence-electron chi connectivity index (χ0n) is 9.73. The third-order valence-electron chi connectivity index (χ3n) is 2.33. The number of nitriles is 1. The molecule has 0 radical (unpaired) electrons. The summed E-state index contributed by atoms with van der Waals surface area (Å²) >= 11 is 0. The highest BCUT2D eigenvalue weighted by atomic mass is 16.5. The topological polar surface area (TPSA) is 82.3 Å². The molecule has 17 heavy (non-hydrogen) atoms. The molecule has 5 heteroatoms. The number of ether oxygens (including phenoxy) is 1. The van der Waals surface area contributed by atoms with Crippen molar-refractivity contribution in [2.75, 3.05) is 19.0 Å². The van der Waals surface area contributed by atoms with Gasteiger partial charge in [0.25, 0.3) is 0 Å². The summed E-state index contributed by atoms with van der Waals surface area (Å²) < 4.78 is 4.83. The molecule has 5 nitrogen and oxygen atoms in total. The van der Waals surface area contributed by atoms with E-state index in [0.717, 1.165) is 5.56 Å². The van der Waals surface area contributed by atoms with Gasteiger partial charge >= 0.3 is 5.97 Å². The van der Waals surface area contributed by atoms with Crippen molar-refractivity contribution in [3.63, 3.8) is 0 Å². The predicted molar refractivity (Wildman–Crippen MR) is 62.8 cm³/mol. The Balaban J connectivity index is 2.92. The van der Waals surface area contributed by atoms with E-state index >= 15 is 0 Å². The van der Waals surface area contributed by atoms with Crippen LogP contribution in [0.15, 0.2) is 18.2 Å². The second-order valence-electron chi connectivity index (χ2n) is 3.63. The van der Waals surface area contributed by atoms with E-state index in [1.54, 1.807) is 18.2 Å². The zero-order chi connectivity index (χ0) is 12.8. The third-order valence-corrected chi connectivity index (χ3v) is 2.33. The molecule has 0 amide bonds. The highest BCUT2D eigenvalue weighted by molar-refractivity contribution is 5.78. The lowest BCUT2D eigenvalue weighted by atomic mass is 10.1. The van der Waals surface area contributed by atoms with Crippen molar-refractivity contribution in [2.24, 2.45) is 0 Å². The summed E-state index contributed by atoms with van der Waals surface area (Å²) in [4.78, 5) is 11.0. The first-order chi connectivity index (χ1) is 8.08. The number of carboxylic acid groups (broad SMARTS) is 1. The fourth-order valence-electron chi connectivity index (χ4n) is 1.38. The lowest BCUT2D eigenvalue weighted by Crippen LogP contribution is -2.33. The summed E-state index contributed by atoms with van der Waals surface area (Å²) in [5.41, 5.74) is 2.00. The molecule has 1 atom stereocenters. The number of hydrogen-bond donors (Lipinski definition) is 2. The van der Waals surface area contributed by atoms with Crippen LogP contribution in [0.1, 0.15) is 11.1 Å². The number of carbonyl (C=O) groups is 1.